The fourth-order valence-corrected chi connectivity index (χ4v) is 2.16. The van der Waals surface area contributed by atoms with Gasteiger partial charge in [-0.2, -0.15) is 0 Å². The van der Waals surface area contributed by atoms with Crippen LogP contribution < -0.4 is 15.8 Å². The molecule has 2 aromatic rings. The van der Waals surface area contributed by atoms with Crippen LogP contribution in [0, 0.1) is 6.92 Å². The molecule has 0 spiro atoms. The van der Waals surface area contributed by atoms with Crippen LogP contribution in [0.15, 0.2) is 30.5 Å². The van der Waals surface area contributed by atoms with E-state index >= 15 is 0 Å². The summed E-state index contributed by atoms with van der Waals surface area (Å²) >= 11 is 6.10. The molecule has 0 aliphatic heterocycles. The van der Waals surface area contributed by atoms with Gasteiger partial charge in [-0.05, 0) is 52.0 Å². The zero-order valence-electron chi connectivity index (χ0n) is 13.6. The summed E-state index contributed by atoms with van der Waals surface area (Å²) in [4.78, 5) is 16.6. The van der Waals surface area contributed by atoms with E-state index in [4.69, 9.17) is 22.1 Å². The second-order valence-corrected chi connectivity index (χ2v) is 6.71. The van der Waals surface area contributed by atoms with Gasteiger partial charge in [0.25, 0.3) is 5.91 Å². The predicted octanol–water partition coefficient (Wildman–Crippen LogP) is 3.95. The fourth-order valence-electron chi connectivity index (χ4n) is 1.93. The Morgan fingerprint density at radius 3 is 2.61 bits per heavy atom. The van der Waals surface area contributed by atoms with Gasteiger partial charge in [-0.1, -0.05) is 11.6 Å². The van der Waals surface area contributed by atoms with E-state index in [1.807, 2.05) is 20.8 Å². The second kappa shape index (κ2) is 6.46. The van der Waals surface area contributed by atoms with E-state index in [0.717, 1.165) is 0 Å². The van der Waals surface area contributed by atoms with Crippen molar-refractivity contribution in [1.29, 1.82) is 0 Å². The first-order valence-corrected chi connectivity index (χ1v) is 7.55. The van der Waals surface area contributed by atoms with E-state index in [2.05, 4.69) is 10.3 Å². The molecule has 1 aromatic carbocycles. The number of amides is 1. The molecule has 5 nitrogen and oxygen atoms in total. The number of benzene rings is 1. The number of pyridine rings is 1. The van der Waals surface area contributed by atoms with Crippen molar-refractivity contribution in [1.82, 2.24) is 10.3 Å². The summed E-state index contributed by atoms with van der Waals surface area (Å²) in [5.74, 6) is 0.686. The van der Waals surface area contributed by atoms with Gasteiger partial charge in [0.1, 0.15) is 11.5 Å². The molecule has 0 aliphatic carbocycles. The number of aromatic nitrogens is 1. The van der Waals surface area contributed by atoms with E-state index in [9.17, 15) is 4.79 Å². The monoisotopic (exact) mass is 333 g/mol. The highest BCUT2D eigenvalue weighted by Crippen LogP contribution is 2.31. The third kappa shape index (κ3) is 4.60. The Hall–Kier alpha value is -2.27. The van der Waals surface area contributed by atoms with Crippen molar-refractivity contribution < 1.29 is 9.53 Å². The summed E-state index contributed by atoms with van der Waals surface area (Å²) < 4.78 is 5.71. The molecule has 2 rings (SSSR count). The quantitative estimate of drug-likeness (QED) is 0.834. The van der Waals surface area contributed by atoms with Crippen LogP contribution in [0.3, 0.4) is 0 Å². The third-order valence-electron chi connectivity index (χ3n) is 2.98. The van der Waals surface area contributed by atoms with Crippen LogP contribution in [0.1, 0.15) is 36.8 Å². The number of nitrogens with two attached hydrogens (primary N) is 1. The van der Waals surface area contributed by atoms with Gasteiger partial charge in [0.2, 0.25) is 0 Å². The number of carbonyl (C=O) groups is 1. The number of aryl methyl sites for hydroxylation is 1. The number of nitrogens with zero attached hydrogens (tertiary/aromatic N) is 1. The van der Waals surface area contributed by atoms with E-state index in [1.54, 1.807) is 37.4 Å². The molecule has 3 N–H and O–H groups in total. The average Bonchev–Trinajstić information content (AvgIpc) is 2.42. The molecule has 1 aromatic heterocycles. The Kier molecular flexibility index (Phi) is 4.80. The Morgan fingerprint density at radius 2 is 2.00 bits per heavy atom. The van der Waals surface area contributed by atoms with E-state index in [1.165, 1.54) is 0 Å². The highest BCUT2D eigenvalue weighted by molar-refractivity contribution is 6.32. The van der Waals surface area contributed by atoms with Gasteiger partial charge >= 0.3 is 0 Å². The number of halogens is 1. The van der Waals surface area contributed by atoms with Crippen molar-refractivity contribution in [2.75, 3.05) is 5.73 Å². The van der Waals surface area contributed by atoms with Gasteiger partial charge < -0.3 is 15.8 Å². The van der Waals surface area contributed by atoms with Gasteiger partial charge in [0.15, 0.2) is 0 Å². The number of ether oxygens (including phenoxy) is 1. The standard InChI is InChI=1S/C17H20ClN3O2/c1-10-13(16(22)21-17(2,3)4)8-12(9-20-10)23-15-6-5-11(19)7-14(15)18/h5-9H,19H2,1-4H3,(H,21,22). The van der Waals surface area contributed by atoms with Gasteiger partial charge in [-0.15, -0.1) is 0 Å². The normalized spacial score (nSPS) is 11.2. The molecular weight excluding hydrogens is 314 g/mol. The Bertz CT molecular complexity index is 739. The Morgan fingerprint density at radius 1 is 1.30 bits per heavy atom. The summed E-state index contributed by atoms with van der Waals surface area (Å²) in [6, 6.07) is 6.62. The van der Waals surface area contributed by atoms with Crippen LogP contribution in [-0.2, 0) is 0 Å². The number of anilines is 1. The van der Waals surface area contributed by atoms with Crippen molar-refractivity contribution in [3.05, 3.63) is 46.7 Å². The van der Waals surface area contributed by atoms with Crippen molar-refractivity contribution in [2.24, 2.45) is 0 Å². The third-order valence-corrected chi connectivity index (χ3v) is 3.27. The second-order valence-electron chi connectivity index (χ2n) is 6.30. The van der Waals surface area contributed by atoms with Gasteiger partial charge in [-0.3, -0.25) is 9.78 Å². The molecule has 122 valence electrons. The zero-order chi connectivity index (χ0) is 17.2. The van der Waals surface area contributed by atoms with E-state index in [-0.39, 0.29) is 11.4 Å². The smallest absolute Gasteiger partial charge is 0.253 e. The minimum atomic E-state index is -0.333. The number of nitrogens with one attached hydrogen (secondary N) is 1. The maximum atomic E-state index is 12.3. The number of nitrogen functional groups attached to an aromatic ring is 1. The van der Waals surface area contributed by atoms with Crippen LogP contribution in [0.5, 0.6) is 11.5 Å². The van der Waals surface area contributed by atoms with Crippen LogP contribution in [0.4, 0.5) is 5.69 Å². The number of hydrogen-bond donors (Lipinski definition) is 2. The van der Waals surface area contributed by atoms with Crippen LogP contribution in [-0.4, -0.2) is 16.4 Å². The largest absolute Gasteiger partial charge is 0.454 e. The summed E-state index contributed by atoms with van der Waals surface area (Å²) in [5.41, 5.74) is 6.97. The topological polar surface area (TPSA) is 77.2 Å². The number of carbonyl (C=O) groups excluding carboxylic acids is 1. The molecule has 0 radical (unpaired) electrons. The molecule has 0 unspecified atom stereocenters. The van der Waals surface area contributed by atoms with Gasteiger partial charge in [0.05, 0.1) is 22.5 Å². The summed E-state index contributed by atoms with van der Waals surface area (Å²) in [7, 11) is 0. The fraction of sp³-hybridized carbons (Fsp3) is 0.294. The minimum Gasteiger partial charge on any atom is -0.454 e. The molecule has 1 heterocycles. The molecule has 23 heavy (non-hydrogen) atoms. The molecule has 0 saturated heterocycles. The highest BCUT2D eigenvalue weighted by Gasteiger charge is 2.18. The average molecular weight is 334 g/mol. The number of rotatable bonds is 3. The van der Waals surface area contributed by atoms with Crippen LogP contribution in [0.2, 0.25) is 5.02 Å². The van der Waals surface area contributed by atoms with E-state index < -0.39 is 0 Å². The maximum absolute atomic E-state index is 12.3. The molecule has 0 atom stereocenters. The lowest BCUT2D eigenvalue weighted by atomic mass is 10.1. The first-order chi connectivity index (χ1) is 10.7. The molecule has 1 amide bonds. The Labute approximate surface area is 140 Å². The number of hydrogen-bond acceptors (Lipinski definition) is 4. The first-order valence-electron chi connectivity index (χ1n) is 7.18. The lowest BCUT2D eigenvalue weighted by molar-refractivity contribution is 0.0918. The summed E-state index contributed by atoms with van der Waals surface area (Å²) in [6.45, 7) is 7.53. The molecule has 0 fully saturated rings. The van der Waals surface area contributed by atoms with Crippen molar-refractivity contribution in [2.45, 2.75) is 33.2 Å². The minimum absolute atomic E-state index is 0.198. The SMILES string of the molecule is Cc1ncc(Oc2ccc(N)cc2Cl)cc1C(=O)NC(C)(C)C. The molecule has 0 saturated carbocycles. The summed E-state index contributed by atoms with van der Waals surface area (Å²) in [5, 5.41) is 3.30. The van der Waals surface area contributed by atoms with Crippen molar-refractivity contribution >= 4 is 23.2 Å². The Balaban J connectivity index is 2.28. The van der Waals surface area contributed by atoms with Gasteiger partial charge in [0, 0.05) is 11.2 Å². The molecule has 6 heteroatoms. The predicted molar refractivity (Wildman–Crippen MR) is 92.1 cm³/mol. The molecule has 0 bridgehead atoms. The van der Waals surface area contributed by atoms with Crippen LogP contribution in [0.25, 0.3) is 0 Å². The van der Waals surface area contributed by atoms with Crippen LogP contribution >= 0.6 is 11.6 Å². The molecular formula is C17H20ClN3O2. The lowest BCUT2D eigenvalue weighted by Gasteiger charge is -2.21. The maximum Gasteiger partial charge on any atom is 0.253 e. The summed E-state index contributed by atoms with van der Waals surface area (Å²) in [6.07, 6.45) is 1.55. The zero-order valence-corrected chi connectivity index (χ0v) is 14.4. The van der Waals surface area contributed by atoms with E-state index in [0.29, 0.717) is 33.5 Å². The van der Waals surface area contributed by atoms with Crippen molar-refractivity contribution in [3.8, 4) is 11.5 Å². The molecule has 0 aliphatic rings. The van der Waals surface area contributed by atoms with Crippen molar-refractivity contribution in [3.63, 3.8) is 0 Å². The first kappa shape index (κ1) is 17.1. The van der Waals surface area contributed by atoms with Gasteiger partial charge in [-0.25, -0.2) is 0 Å². The lowest BCUT2D eigenvalue weighted by Crippen LogP contribution is -2.40. The highest BCUT2D eigenvalue weighted by atomic mass is 35.5.